The van der Waals surface area contributed by atoms with E-state index in [2.05, 4.69) is 10.6 Å². The van der Waals surface area contributed by atoms with Crippen LogP contribution in [0.4, 0.5) is 0 Å². The molecular weight excluding hydrogens is 252 g/mol. The fourth-order valence-corrected chi connectivity index (χ4v) is 3.36. The molecule has 0 spiro atoms. The second kappa shape index (κ2) is 7.99. The highest BCUT2D eigenvalue weighted by Gasteiger charge is 2.22. The molecule has 0 bridgehead atoms. The van der Waals surface area contributed by atoms with Crippen molar-refractivity contribution in [1.82, 2.24) is 10.6 Å². The summed E-state index contributed by atoms with van der Waals surface area (Å²) in [6, 6.07) is 0.286. The van der Waals surface area contributed by atoms with Crippen molar-refractivity contribution in [3.05, 3.63) is 0 Å². The van der Waals surface area contributed by atoms with Crippen molar-refractivity contribution in [2.24, 2.45) is 5.92 Å². The number of hydrogen-bond acceptors (Lipinski definition) is 3. The number of nitrogens with one attached hydrogen (secondary N) is 2. The highest BCUT2D eigenvalue weighted by Crippen LogP contribution is 2.23. The van der Waals surface area contributed by atoms with Gasteiger partial charge in [0.05, 0.1) is 12.1 Å². The molecule has 2 fully saturated rings. The summed E-state index contributed by atoms with van der Waals surface area (Å²) in [4.78, 5) is 12.1. The van der Waals surface area contributed by atoms with E-state index < -0.39 is 0 Å². The summed E-state index contributed by atoms with van der Waals surface area (Å²) in [6.07, 6.45) is 9.96. The van der Waals surface area contributed by atoms with Crippen LogP contribution >= 0.6 is 0 Å². The Hall–Kier alpha value is -0.610. The fraction of sp³-hybridized carbons (Fsp3) is 0.938. The van der Waals surface area contributed by atoms with Gasteiger partial charge >= 0.3 is 0 Å². The van der Waals surface area contributed by atoms with Gasteiger partial charge in [0.1, 0.15) is 0 Å². The van der Waals surface area contributed by atoms with E-state index in [-0.39, 0.29) is 18.1 Å². The predicted molar refractivity (Wildman–Crippen MR) is 80.4 cm³/mol. The topological polar surface area (TPSA) is 61.4 Å². The first kappa shape index (κ1) is 15.8. The van der Waals surface area contributed by atoms with Gasteiger partial charge in [-0.15, -0.1) is 0 Å². The van der Waals surface area contributed by atoms with Crippen LogP contribution in [0.3, 0.4) is 0 Å². The number of amides is 1. The molecule has 0 aromatic heterocycles. The second-order valence-corrected chi connectivity index (χ2v) is 6.65. The van der Waals surface area contributed by atoms with Gasteiger partial charge in [-0.1, -0.05) is 19.3 Å². The zero-order chi connectivity index (χ0) is 14.4. The minimum Gasteiger partial charge on any atom is -0.393 e. The van der Waals surface area contributed by atoms with Crippen LogP contribution in [0.25, 0.3) is 0 Å². The largest absolute Gasteiger partial charge is 0.393 e. The monoisotopic (exact) mass is 282 g/mol. The normalized spacial score (nSPS) is 29.9. The Bertz CT molecular complexity index is 295. The molecule has 4 heteroatoms. The van der Waals surface area contributed by atoms with E-state index in [1.807, 2.05) is 6.92 Å². The molecule has 0 heterocycles. The summed E-state index contributed by atoms with van der Waals surface area (Å²) in [7, 11) is 0. The quantitative estimate of drug-likeness (QED) is 0.722. The van der Waals surface area contributed by atoms with Crippen LogP contribution in [0.2, 0.25) is 0 Å². The standard InChI is InChI=1S/C16H30N2O2/c1-12(16(20)18-14-5-3-2-4-6-14)17-11-13-7-9-15(19)10-8-13/h12-15,17,19H,2-11H2,1H3,(H,18,20). The number of rotatable bonds is 5. The van der Waals surface area contributed by atoms with Crippen molar-refractivity contribution in [2.75, 3.05) is 6.54 Å². The third kappa shape index (κ3) is 5.06. The van der Waals surface area contributed by atoms with Gasteiger partial charge in [-0.25, -0.2) is 0 Å². The molecule has 116 valence electrons. The molecule has 0 aromatic carbocycles. The maximum Gasteiger partial charge on any atom is 0.237 e. The Morgan fingerprint density at radius 3 is 2.40 bits per heavy atom. The average molecular weight is 282 g/mol. The summed E-state index contributed by atoms with van der Waals surface area (Å²) in [5, 5.41) is 16.0. The molecule has 1 atom stereocenters. The van der Waals surface area contributed by atoms with E-state index in [1.54, 1.807) is 0 Å². The van der Waals surface area contributed by atoms with Crippen LogP contribution in [0.1, 0.15) is 64.7 Å². The van der Waals surface area contributed by atoms with Crippen LogP contribution < -0.4 is 10.6 Å². The lowest BCUT2D eigenvalue weighted by Gasteiger charge is -2.28. The Morgan fingerprint density at radius 2 is 1.75 bits per heavy atom. The molecule has 4 nitrogen and oxygen atoms in total. The summed E-state index contributed by atoms with van der Waals surface area (Å²) >= 11 is 0. The molecule has 2 saturated carbocycles. The number of carbonyl (C=O) groups excluding carboxylic acids is 1. The first-order chi connectivity index (χ1) is 9.65. The molecule has 0 saturated heterocycles. The second-order valence-electron chi connectivity index (χ2n) is 6.65. The Balaban J connectivity index is 1.63. The molecule has 20 heavy (non-hydrogen) atoms. The SMILES string of the molecule is CC(NCC1CCC(O)CC1)C(=O)NC1CCCCC1. The van der Waals surface area contributed by atoms with Gasteiger partial charge in [-0.05, 0) is 57.9 Å². The predicted octanol–water partition coefficient (Wildman–Crippen LogP) is 1.96. The molecule has 0 aromatic rings. The lowest BCUT2D eigenvalue weighted by molar-refractivity contribution is -0.123. The van der Waals surface area contributed by atoms with Crippen LogP contribution in [0, 0.1) is 5.92 Å². The molecule has 0 radical (unpaired) electrons. The number of hydrogen-bond donors (Lipinski definition) is 3. The highest BCUT2D eigenvalue weighted by atomic mass is 16.3. The third-order valence-corrected chi connectivity index (χ3v) is 4.87. The molecule has 0 aliphatic heterocycles. The number of carbonyl (C=O) groups is 1. The average Bonchev–Trinajstić information content (AvgIpc) is 2.47. The van der Waals surface area contributed by atoms with Gasteiger partial charge < -0.3 is 15.7 Å². The van der Waals surface area contributed by atoms with Gasteiger partial charge in [0.25, 0.3) is 0 Å². The summed E-state index contributed by atoms with van der Waals surface area (Å²) in [5.74, 6) is 0.760. The van der Waals surface area contributed by atoms with Crippen LogP contribution in [-0.4, -0.2) is 35.7 Å². The number of aliphatic hydroxyl groups excluding tert-OH is 1. The first-order valence-electron chi connectivity index (χ1n) is 8.37. The van der Waals surface area contributed by atoms with Crippen LogP contribution in [0.15, 0.2) is 0 Å². The maximum atomic E-state index is 12.1. The minimum atomic E-state index is -0.108. The summed E-state index contributed by atoms with van der Waals surface area (Å²) in [5.41, 5.74) is 0. The van der Waals surface area contributed by atoms with Crippen molar-refractivity contribution in [3.63, 3.8) is 0 Å². The molecule has 2 rings (SSSR count). The van der Waals surface area contributed by atoms with E-state index in [0.717, 1.165) is 45.1 Å². The molecule has 2 aliphatic carbocycles. The summed E-state index contributed by atoms with van der Waals surface area (Å²) in [6.45, 7) is 2.85. The molecule has 1 amide bonds. The summed E-state index contributed by atoms with van der Waals surface area (Å²) < 4.78 is 0. The van der Waals surface area contributed by atoms with Gasteiger partial charge in [-0.2, -0.15) is 0 Å². The van der Waals surface area contributed by atoms with Crippen molar-refractivity contribution in [1.29, 1.82) is 0 Å². The van der Waals surface area contributed by atoms with Crippen LogP contribution in [0.5, 0.6) is 0 Å². The van der Waals surface area contributed by atoms with E-state index in [1.165, 1.54) is 19.3 Å². The van der Waals surface area contributed by atoms with Crippen LogP contribution in [-0.2, 0) is 4.79 Å². The smallest absolute Gasteiger partial charge is 0.237 e. The van der Waals surface area contributed by atoms with E-state index in [9.17, 15) is 9.90 Å². The lowest BCUT2D eigenvalue weighted by atomic mass is 9.87. The van der Waals surface area contributed by atoms with Gasteiger partial charge in [0, 0.05) is 6.04 Å². The van der Waals surface area contributed by atoms with Gasteiger partial charge in [0.15, 0.2) is 0 Å². The Kier molecular flexibility index (Phi) is 6.30. The lowest BCUT2D eigenvalue weighted by Crippen LogP contribution is -2.48. The van der Waals surface area contributed by atoms with Gasteiger partial charge in [-0.3, -0.25) is 4.79 Å². The van der Waals surface area contributed by atoms with Crippen molar-refractivity contribution in [3.8, 4) is 0 Å². The van der Waals surface area contributed by atoms with E-state index >= 15 is 0 Å². The van der Waals surface area contributed by atoms with E-state index in [4.69, 9.17) is 0 Å². The zero-order valence-corrected chi connectivity index (χ0v) is 12.7. The number of aliphatic hydroxyl groups is 1. The van der Waals surface area contributed by atoms with Gasteiger partial charge in [0.2, 0.25) is 5.91 Å². The third-order valence-electron chi connectivity index (χ3n) is 4.87. The first-order valence-corrected chi connectivity index (χ1v) is 8.37. The zero-order valence-electron chi connectivity index (χ0n) is 12.7. The Morgan fingerprint density at radius 1 is 1.10 bits per heavy atom. The molecule has 3 N–H and O–H groups in total. The van der Waals surface area contributed by atoms with Crippen molar-refractivity contribution < 1.29 is 9.90 Å². The van der Waals surface area contributed by atoms with Crippen molar-refractivity contribution >= 4 is 5.91 Å². The fourth-order valence-electron chi connectivity index (χ4n) is 3.36. The van der Waals surface area contributed by atoms with E-state index in [0.29, 0.717) is 12.0 Å². The maximum absolute atomic E-state index is 12.1. The highest BCUT2D eigenvalue weighted by molar-refractivity contribution is 5.81. The molecule has 2 aliphatic rings. The minimum absolute atomic E-state index is 0.0988. The Labute approximate surface area is 122 Å². The van der Waals surface area contributed by atoms with Crippen molar-refractivity contribution in [2.45, 2.75) is 82.9 Å². The molecular formula is C16H30N2O2. The molecule has 1 unspecified atom stereocenters.